The van der Waals surface area contributed by atoms with Crippen molar-refractivity contribution in [3.05, 3.63) is 29.6 Å². The number of nitrogens with zero attached hydrogens (tertiary/aromatic N) is 2. The number of carbonyl (C=O) groups is 1. The number of carboxylic acids is 1. The van der Waals surface area contributed by atoms with Crippen LogP contribution in [0.4, 0.5) is 0 Å². The van der Waals surface area contributed by atoms with Gasteiger partial charge in [-0.05, 0) is 18.6 Å². The molecule has 0 aliphatic carbocycles. The summed E-state index contributed by atoms with van der Waals surface area (Å²) in [5.41, 5.74) is 0.0246. The highest BCUT2D eigenvalue weighted by Crippen LogP contribution is 2.35. The zero-order valence-corrected chi connectivity index (χ0v) is 11.9. The molecule has 0 radical (unpaired) electrons. The van der Waals surface area contributed by atoms with Crippen LogP contribution in [0.2, 0.25) is 0 Å². The molecule has 0 fully saturated rings. The van der Waals surface area contributed by atoms with Gasteiger partial charge in [-0.15, -0.1) is 0 Å². The van der Waals surface area contributed by atoms with Gasteiger partial charge < -0.3 is 14.6 Å². The van der Waals surface area contributed by atoms with E-state index in [1.807, 2.05) is 6.92 Å². The number of rotatable bonds is 6. The van der Waals surface area contributed by atoms with Crippen LogP contribution in [0.25, 0.3) is 0 Å². The summed E-state index contributed by atoms with van der Waals surface area (Å²) in [6.45, 7) is 2.03. The highest BCUT2D eigenvalue weighted by molar-refractivity contribution is 7.07. The van der Waals surface area contributed by atoms with Crippen LogP contribution in [0.1, 0.15) is 29.5 Å². The highest BCUT2D eigenvalue weighted by Gasteiger charge is 2.18. The Morgan fingerprint density at radius 1 is 1.45 bits per heavy atom. The van der Waals surface area contributed by atoms with E-state index in [2.05, 4.69) is 9.36 Å². The number of methoxy groups -OCH3 is 1. The molecule has 6 nitrogen and oxygen atoms in total. The molecule has 106 valence electrons. The zero-order valence-electron chi connectivity index (χ0n) is 11.1. The topological polar surface area (TPSA) is 81.5 Å². The standard InChI is InChI=1S/C13H14N2O4S/c1-3-5-10-14-13(20-15-10)19-11-8(12(16)17)6-4-7-9(11)18-2/h4,6-7H,3,5H2,1-2H3,(H,16,17). The van der Waals surface area contributed by atoms with Crippen LogP contribution in [0.3, 0.4) is 0 Å². The molecule has 0 spiro atoms. The van der Waals surface area contributed by atoms with Crippen molar-refractivity contribution in [3.8, 4) is 16.7 Å². The second-order valence-electron chi connectivity index (χ2n) is 3.97. The monoisotopic (exact) mass is 294 g/mol. The molecule has 0 aliphatic heterocycles. The average Bonchev–Trinajstić information content (AvgIpc) is 2.86. The predicted octanol–water partition coefficient (Wildman–Crippen LogP) is 2.99. The predicted molar refractivity (Wildman–Crippen MR) is 73.9 cm³/mol. The van der Waals surface area contributed by atoms with Gasteiger partial charge in [0, 0.05) is 18.0 Å². The lowest BCUT2D eigenvalue weighted by Crippen LogP contribution is -2.01. The number of aromatic carboxylic acids is 1. The molecular formula is C13H14N2O4S. The van der Waals surface area contributed by atoms with E-state index >= 15 is 0 Å². The molecule has 1 heterocycles. The summed E-state index contributed by atoms with van der Waals surface area (Å²) in [7, 11) is 1.45. The molecule has 2 aromatic rings. The fourth-order valence-corrected chi connectivity index (χ4v) is 2.22. The van der Waals surface area contributed by atoms with Crippen molar-refractivity contribution in [2.75, 3.05) is 7.11 Å². The Bertz CT molecular complexity index is 612. The Labute approximate surface area is 120 Å². The van der Waals surface area contributed by atoms with Gasteiger partial charge in [0.05, 0.1) is 7.11 Å². The van der Waals surface area contributed by atoms with Gasteiger partial charge in [-0.1, -0.05) is 13.0 Å². The molecule has 0 saturated heterocycles. The number of hydrogen-bond donors (Lipinski definition) is 1. The first-order valence-electron chi connectivity index (χ1n) is 6.06. The van der Waals surface area contributed by atoms with Crippen LogP contribution in [0.15, 0.2) is 18.2 Å². The molecule has 1 aromatic heterocycles. The fourth-order valence-electron chi connectivity index (χ4n) is 1.64. The van der Waals surface area contributed by atoms with Crippen molar-refractivity contribution in [2.24, 2.45) is 0 Å². The summed E-state index contributed by atoms with van der Waals surface area (Å²) in [5.74, 6) is 0.0929. The van der Waals surface area contributed by atoms with E-state index in [4.69, 9.17) is 9.47 Å². The van der Waals surface area contributed by atoms with E-state index in [0.717, 1.165) is 24.4 Å². The van der Waals surface area contributed by atoms with E-state index in [1.54, 1.807) is 12.1 Å². The number of aryl methyl sites for hydroxylation is 1. The molecular weight excluding hydrogens is 280 g/mol. The third-order valence-corrected chi connectivity index (χ3v) is 3.17. The van der Waals surface area contributed by atoms with E-state index in [9.17, 15) is 9.90 Å². The first-order chi connectivity index (χ1) is 9.65. The lowest BCUT2D eigenvalue weighted by Gasteiger charge is -2.10. The average molecular weight is 294 g/mol. The van der Waals surface area contributed by atoms with Gasteiger partial charge in [-0.25, -0.2) is 4.79 Å². The van der Waals surface area contributed by atoms with Crippen molar-refractivity contribution in [1.82, 2.24) is 9.36 Å². The SMILES string of the molecule is CCCc1nsc(Oc2c(OC)cccc2C(=O)O)n1. The maximum absolute atomic E-state index is 11.2. The van der Waals surface area contributed by atoms with Crippen LogP contribution in [-0.2, 0) is 6.42 Å². The van der Waals surface area contributed by atoms with E-state index < -0.39 is 5.97 Å². The minimum atomic E-state index is -1.09. The number of carboxylic acid groups (broad SMARTS) is 1. The molecule has 7 heteroatoms. The smallest absolute Gasteiger partial charge is 0.339 e. The first-order valence-corrected chi connectivity index (χ1v) is 6.83. The first kappa shape index (κ1) is 14.3. The number of benzene rings is 1. The van der Waals surface area contributed by atoms with Crippen molar-refractivity contribution < 1.29 is 19.4 Å². The van der Waals surface area contributed by atoms with Gasteiger partial charge in [0.15, 0.2) is 11.5 Å². The second-order valence-corrected chi connectivity index (χ2v) is 4.69. The summed E-state index contributed by atoms with van der Waals surface area (Å²) >= 11 is 1.09. The number of para-hydroxylation sites is 1. The minimum absolute atomic E-state index is 0.0246. The molecule has 2 rings (SSSR count). The molecule has 0 aliphatic rings. The zero-order chi connectivity index (χ0) is 14.5. The second kappa shape index (κ2) is 6.33. The van der Waals surface area contributed by atoms with E-state index in [1.165, 1.54) is 13.2 Å². The summed E-state index contributed by atoms with van der Waals surface area (Å²) in [6.07, 6.45) is 1.70. The van der Waals surface area contributed by atoms with Gasteiger partial charge >= 0.3 is 5.97 Å². The fraction of sp³-hybridized carbons (Fsp3) is 0.308. The Kier molecular flexibility index (Phi) is 4.52. The minimum Gasteiger partial charge on any atom is -0.493 e. The van der Waals surface area contributed by atoms with Crippen LogP contribution >= 0.6 is 11.5 Å². The maximum atomic E-state index is 11.2. The summed E-state index contributed by atoms with van der Waals surface area (Å²) < 4.78 is 14.8. The largest absolute Gasteiger partial charge is 0.493 e. The Balaban J connectivity index is 2.33. The van der Waals surface area contributed by atoms with Gasteiger partial charge in [0.1, 0.15) is 11.4 Å². The van der Waals surface area contributed by atoms with Crippen LogP contribution < -0.4 is 9.47 Å². The lowest BCUT2D eigenvalue weighted by molar-refractivity contribution is 0.0693. The van der Waals surface area contributed by atoms with Crippen LogP contribution in [0, 0.1) is 0 Å². The quantitative estimate of drug-likeness (QED) is 0.882. The summed E-state index contributed by atoms with van der Waals surface area (Å²) in [4.78, 5) is 15.4. The summed E-state index contributed by atoms with van der Waals surface area (Å²) in [5, 5.41) is 9.49. The highest BCUT2D eigenvalue weighted by atomic mass is 32.1. The normalized spacial score (nSPS) is 10.3. The molecule has 0 amide bonds. The van der Waals surface area contributed by atoms with Gasteiger partial charge in [-0.2, -0.15) is 9.36 Å². The third kappa shape index (κ3) is 3.05. The van der Waals surface area contributed by atoms with E-state index in [0.29, 0.717) is 16.8 Å². The van der Waals surface area contributed by atoms with Crippen molar-refractivity contribution in [2.45, 2.75) is 19.8 Å². The molecule has 0 bridgehead atoms. The number of hydrogen-bond acceptors (Lipinski definition) is 6. The summed E-state index contributed by atoms with van der Waals surface area (Å²) in [6, 6.07) is 4.68. The van der Waals surface area contributed by atoms with Crippen LogP contribution in [0.5, 0.6) is 16.7 Å². The van der Waals surface area contributed by atoms with Crippen molar-refractivity contribution in [1.29, 1.82) is 0 Å². The number of ether oxygens (including phenoxy) is 2. The third-order valence-electron chi connectivity index (χ3n) is 2.54. The lowest BCUT2D eigenvalue weighted by atomic mass is 10.2. The van der Waals surface area contributed by atoms with Crippen LogP contribution in [-0.4, -0.2) is 27.5 Å². The molecule has 0 atom stereocenters. The van der Waals surface area contributed by atoms with Crippen molar-refractivity contribution in [3.63, 3.8) is 0 Å². The van der Waals surface area contributed by atoms with Crippen molar-refractivity contribution >= 4 is 17.5 Å². The molecule has 0 saturated carbocycles. The molecule has 0 unspecified atom stereocenters. The Morgan fingerprint density at radius 3 is 2.90 bits per heavy atom. The molecule has 1 N–H and O–H groups in total. The van der Waals surface area contributed by atoms with E-state index in [-0.39, 0.29) is 11.3 Å². The van der Waals surface area contributed by atoms with Gasteiger partial charge in [0.25, 0.3) is 5.19 Å². The number of aromatic nitrogens is 2. The maximum Gasteiger partial charge on any atom is 0.339 e. The van der Waals surface area contributed by atoms with Gasteiger partial charge in [-0.3, -0.25) is 0 Å². The Hall–Kier alpha value is -2.15. The Morgan fingerprint density at radius 2 is 2.25 bits per heavy atom. The van der Waals surface area contributed by atoms with Gasteiger partial charge in [0.2, 0.25) is 0 Å². The molecule has 20 heavy (non-hydrogen) atoms. The molecule has 1 aromatic carbocycles.